The smallest absolute Gasteiger partial charge is 0.132 e. The number of aryl methyl sites for hydroxylation is 1. The van der Waals surface area contributed by atoms with Crippen LogP contribution in [0.4, 0.5) is 4.39 Å². The molecule has 2 heterocycles. The Balaban J connectivity index is 2.18. The maximum atomic E-state index is 13.6. The first-order valence-corrected chi connectivity index (χ1v) is 6.07. The molecular formula is C12H10BrFN2. The van der Waals surface area contributed by atoms with E-state index in [1.165, 1.54) is 11.8 Å². The minimum atomic E-state index is -0.222. The van der Waals surface area contributed by atoms with Crippen molar-refractivity contribution in [2.75, 3.05) is 0 Å². The lowest BCUT2D eigenvalue weighted by molar-refractivity contribution is 0.627. The van der Waals surface area contributed by atoms with Crippen LogP contribution >= 0.6 is 15.9 Å². The Bertz CT molecular complexity index is 548. The molecule has 2 nitrogen and oxygen atoms in total. The molecule has 0 atom stereocenters. The number of aromatic nitrogens is 2. The lowest BCUT2D eigenvalue weighted by atomic mass is 10.1. The van der Waals surface area contributed by atoms with Crippen LogP contribution in [0.5, 0.6) is 0 Å². The molecule has 0 saturated heterocycles. The van der Waals surface area contributed by atoms with E-state index in [-0.39, 0.29) is 5.82 Å². The molecule has 0 radical (unpaired) electrons. The second kappa shape index (κ2) is 3.70. The standard InChI is InChI=1S/C12H10BrFN2/c13-11-10-6-3-7-16(10)15-12(11)8-4-1-2-5-9(8)14/h1-2,4-5H,3,6-7H2. The summed E-state index contributed by atoms with van der Waals surface area (Å²) in [5.41, 5.74) is 2.46. The SMILES string of the molecule is Fc1ccccc1-c1nn2c(c1Br)CCC2. The van der Waals surface area contributed by atoms with Gasteiger partial charge in [-0.3, -0.25) is 4.68 Å². The highest BCUT2D eigenvalue weighted by Gasteiger charge is 2.21. The van der Waals surface area contributed by atoms with Crippen molar-refractivity contribution in [3.63, 3.8) is 0 Å². The molecule has 1 aromatic carbocycles. The van der Waals surface area contributed by atoms with E-state index in [0.717, 1.165) is 23.9 Å². The van der Waals surface area contributed by atoms with E-state index < -0.39 is 0 Å². The average molecular weight is 281 g/mol. The fraction of sp³-hybridized carbons (Fsp3) is 0.250. The molecule has 1 aliphatic heterocycles. The Morgan fingerprint density at radius 3 is 2.88 bits per heavy atom. The summed E-state index contributed by atoms with van der Waals surface area (Å²) in [4.78, 5) is 0. The molecule has 0 amide bonds. The molecule has 3 rings (SSSR count). The van der Waals surface area contributed by atoms with E-state index in [2.05, 4.69) is 21.0 Å². The van der Waals surface area contributed by atoms with Gasteiger partial charge in [0.1, 0.15) is 11.5 Å². The van der Waals surface area contributed by atoms with Gasteiger partial charge in [0.15, 0.2) is 0 Å². The zero-order valence-electron chi connectivity index (χ0n) is 8.58. The van der Waals surface area contributed by atoms with Gasteiger partial charge in [-0.2, -0.15) is 5.10 Å². The number of benzene rings is 1. The van der Waals surface area contributed by atoms with Gasteiger partial charge >= 0.3 is 0 Å². The molecule has 4 heteroatoms. The van der Waals surface area contributed by atoms with E-state index in [1.807, 2.05) is 10.7 Å². The third-order valence-corrected chi connectivity index (χ3v) is 3.74. The Hall–Kier alpha value is -1.16. The van der Waals surface area contributed by atoms with Crippen molar-refractivity contribution >= 4 is 15.9 Å². The van der Waals surface area contributed by atoms with Gasteiger partial charge in [0.2, 0.25) is 0 Å². The second-order valence-corrected chi connectivity index (χ2v) is 4.71. The third kappa shape index (κ3) is 1.40. The van der Waals surface area contributed by atoms with Crippen molar-refractivity contribution in [1.29, 1.82) is 0 Å². The topological polar surface area (TPSA) is 17.8 Å². The Morgan fingerprint density at radius 2 is 2.12 bits per heavy atom. The van der Waals surface area contributed by atoms with E-state index in [4.69, 9.17) is 0 Å². The summed E-state index contributed by atoms with van der Waals surface area (Å²) < 4.78 is 16.6. The molecule has 16 heavy (non-hydrogen) atoms. The average Bonchev–Trinajstić information content (AvgIpc) is 2.83. The summed E-state index contributed by atoms with van der Waals surface area (Å²) >= 11 is 3.52. The highest BCUT2D eigenvalue weighted by Crippen LogP contribution is 2.34. The van der Waals surface area contributed by atoms with Crippen LogP contribution in [0.2, 0.25) is 0 Å². The number of nitrogens with zero attached hydrogens (tertiary/aromatic N) is 2. The fourth-order valence-corrected chi connectivity index (χ4v) is 2.82. The molecule has 0 fully saturated rings. The van der Waals surface area contributed by atoms with Crippen LogP contribution in [0.15, 0.2) is 28.7 Å². The lowest BCUT2D eigenvalue weighted by Gasteiger charge is -2.00. The van der Waals surface area contributed by atoms with E-state index in [1.54, 1.807) is 12.1 Å². The van der Waals surface area contributed by atoms with Crippen molar-refractivity contribution in [3.05, 3.63) is 40.2 Å². The van der Waals surface area contributed by atoms with Gasteiger partial charge in [0.05, 0.1) is 10.2 Å². The van der Waals surface area contributed by atoms with Crippen LogP contribution < -0.4 is 0 Å². The minimum Gasteiger partial charge on any atom is -0.268 e. The molecule has 0 bridgehead atoms. The number of fused-ring (bicyclic) bond motifs is 1. The van der Waals surface area contributed by atoms with Gasteiger partial charge in [-0.1, -0.05) is 12.1 Å². The number of hydrogen-bond acceptors (Lipinski definition) is 1. The molecule has 0 aliphatic carbocycles. The highest BCUT2D eigenvalue weighted by atomic mass is 79.9. The van der Waals surface area contributed by atoms with Crippen LogP contribution in [-0.2, 0) is 13.0 Å². The Labute approximate surface area is 101 Å². The van der Waals surface area contributed by atoms with Crippen molar-refractivity contribution in [2.24, 2.45) is 0 Å². The van der Waals surface area contributed by atoms with Crippen LogP contribution in [0, 0.1) is 5.82 Å². The van der Waals surface area contributed by atoms with Crippen molar-refractivity contribution < 1.29 is 4.39 Å². The molecule has 1 aliphatic rings. The first kappa shape index (κ1) is 10.0. The summed E-state index contributed by atoms with van der Waals surface area (Å²) in [7, 11) is 0. The molecule has 1 aromatic heterocycles. The van der Waals surface area contributed by atoms with Crippen LogP contribution in [0.25, 0.3) is 11.3 Å². The predicted octanol–water partition coefficient (Wildman–Crippen LogP) is 3.40. The van der Waals surface area contributed by atoms with Crippen molar-refractivity contribution in [3.8, 4) is 11.3 Å². The van der Waals surface area contributed by atoms with Gasteiger partial charge in [0, 0.05) is 12.1 Å². The second-order valence-electron chi connectivity index (χ2n) is 3.92. The van der Waals surface area contributed by atoms with Gasteiger partial charge in [-0.25, -0.2) is 4.39 Å². The van der Waals surface area contributed by atoms with Crippen LogP contribution in [-0.4, -0.2) is 9.78 Å². The third-order valence-electron chi connectivity index (χ3n) is 2.91. The maximum absolute atomic E-state index is 13.6. The Kier molecular flexibility index (Phi) is 2.32. The van der Waals surface area contributed by atoms with E-state index >= 15 is 0 Å². The first-order chi connectivity index (χ1) is 7.77. The normalized spacial score (nSPS) is 14.1. The molecular weight excluding hydrogens is 271 g/mol. The molecule has 0 spiro atoms. The summed E-state index contributed by atoms with van der Waals surface area (Å²) in [5.74, 6) is -0.222. The molecule has 82 valence electrons. The van der Waals surface area contributed by atoms with Gasteiger partial charge < -0.3 is 0 Å². The van der Waals surface area contributed by atoms with E-state index in [0.29, 0.717) is 11.3 Å². The number of rotatable bonds is 1. The zero-order valence-corrected chi connectivity index (χ0v) is 10.2. The van der Waals surface area contributed by atoms with Gasteiger partial charge in [-0.15, -0.1) is 0 Å². The largest absolute Gasteiger partial charge is 0.268 e. The molecule has 2 aromatic rings. The predicted molar refractivity (Wildman–Crippen MR) is 63.6 cm³/mol. The van der Waals surface area contributed by atoms with Gasteiger partial charge in [0.25, 0.3) is 0 Å². The molecule has 0 saturated carbocycles. The summed E-state index contributed by atoms with van der Waals surface area (Å²) in [6.07, 6.45) is 2.14. The van der Waals surface area contributed by atoms with Crippen molar-refractivity contribution in [1.82, 2.24) is 9.78 Å². The minimum absolute atomic E-state index is 0.222. The fourth-order valence-electron chi connectivity index (χ4n) is 2.12. The zero-order chi connectivity index (χ0) is 11.1. The maximum Gasteiger partial charge on any atom is 0.132 e. The van der Waals surface area contributed by atoms with Gasteiger partial charge in [-0.05, 0) is 40.9 Å². The number of halogens is 2. The highest BCUT2D eigenvalue weighted by molar-refractivity contribution is 9.10. The van der Waals surface area contributed by atoms with Crippen LogP contribution in [0.3, 0.4) is 0 Å². The summed E-state index contributed by atoms with van der Waals surface area (Å²) in [6.45, 7) is 0.933. The molecule has 0 unspecified atom stereocenters. The monoisotopic (exact) mass is 280 g/mol. The molecule has 0 N–H and O–H groups in total. The van der Waals surface area contributed by atoms with Crippen LogP contribution in [0.1, 0.15) is 12.1 Å². The summed E-state index contributed by atoms with van der Waals surface area (Å²) in [5, 5.41) is 4.45. The Morgan fingerprint density at radius 1 is 1.31 bits per heavy atom. The lowest BCUT2D eigenvalue weighted by Crippen LogP contribution is -1.94. The quantitative estimate of drug-likeness (QED) is 0.783. The number of hydrogen-bond donors (Lipinski definition) is 0. The van der Waals surface area contributed by atoms with Crippen molar-refractivity contribution in [2.45, 2.75) is 19.4 Å². The summed E-state index contributed by atoms with van der Waals surface area (Å²) in [6, 6.07) is 6.75. The van der Waals surface area contributed by atoms with E-state index in [9.17, 15) is 4.39 Å². The first-order valence-electron chi connectivity index (χ1n) is 5.27.